The maximum Gasteiger partial charge on any atom is 0.191 e. The van der Waals surface area contributed by atoms with Crippen molar-refractivity contribution in [3.05, 3.63) is 35.4 Å². The Labute approximate surface area is 194 Å². The third-order valence-corrected chi connectivity index (χ3v) is 5.37. The van der Waals surface area contributed by atoms with Gasteiger partial charge in [0.15, 0.2) is 5.96 Å². The minimum absolute atomic E-state index is 0. The van der Waals surface area contributed by atoms with Crippen molar-refractivity contribution in [3.63, 3.8) is 0 Å². The number of rotatable bonds is 10. The van der Waals surface area contributed by atoms with Gasteiger partial charge in [0.1, 0.15) is 0 Å². The smallest absolute Gasteiger partial charge is 0.191 e. The van der Waals surface area contributed by atoms with Crippen molar-refractivity contribution < 1.29 is 5.11 Å². The van der Waals surface area contributed by atoms with Crippen LogP contribution in [0.25, 0.3) is 0 Å². The summed E-state index contributed by atoms with van der Waals surface area (Å²) in [4.78, 5) is 7.19. The van der Waals surface area contributed by atoms with Crippen molar-refractivity contribution in [2.75, 3.05) is 19.6 Å². The van der Waals surface area contributed by atoms with Crippen LogP contribution in [0.15, 0.2) is 29.3 Å². The lowest BCUT2D eigenvalue weighted by Gasteiger charge is -2.29. The fraction of sp³-hybridized carbons (Fsp3) is 0.696. The van der Waals surface area contributed by atoms with Crippen LogP contribution in [0.1, 0.15) is 70.4 Å². The second-order valence-corrected chi connectivity index (χ2v) is 8.06. The van der Waals surface area contributed by atoms with Crippen molar-refractivity contribution in [2.45, 2.75) is 84.5 Å². The van der Waals surface area contributed by atoms with Crippen LogP contribution < -0.4 is 10.6 Å². The number of aliphatic imine (C=N–C) groups is 1. The molecule has 0 aromatic heterocycles. The highest BCUT2D eigenvalue weighted by molar-refractivity contribution is 14.0. The lowest BCUT2D eigenvalue weighted by atomic mass is 10.1. The molecule has 1 aliphatic heterocycles. The quantitative estimate of drug-likeness (QED) is 0.188. The van der Waals surface area contributed by atoms with E-state index in [4.69, 9.17) is 4.99 Å². The van der Waals surface area contributed by atoms with Gasteiger partial charge in [-0.1, -0.05) is 50.5 Å². The average molecular weight is 517 g/mol. The third-order valence-electron chi connectivity index (χ3n) is 5.37. The molecule has 1 fully saturated rings. The maximum atomic E-state index is 9.63. The Hall–Kier alpha value is -0.860. The molecule has 0 aliphatic carbocycles. The Balaban J connectivity index is 0.00000420. The largest absolute Gasteiger partial charge is 0.393 e. The lowest BCUT2D eigenvalue weighted by Crippen LogP contribution is -2.42. The molecular formula is C23H41IN4O. The molecule has 3 N–H and O–H groups in total. The topological polar surface area (TPSA) is 59.9 Å². The van der Waals surface area contributed by atoms with Gasteiger partial charge in [0.05, 0.1) is 12.6 Å². The minimum atomic E-state index is -0.106. The normalized spacial score (nSPS) is 16.9. The molecule has 0 amide bonds. The van der Waals surface area contributed by atoms with Crippen LogP contribution in [0.5, 0.6) is 0 Å². The fourth-order valence-electron chi connectivity index (χ4n) is 3.58. The molecule has 1 aromatic carbocycles. The number of hydrogen-bond acceptors (Lipinski definition) is 3. The van der Waals surface area contributed by atoms with Gasteiger partial charge >= 0.3 is 0 Å². The molecule has 6 heteroatoms. The van der Waals surface area contributed by atoms with E-state index >= 15 is 0 Å². The van der Waals surface area contributed by atoms with Gasteiger partial charge in [-0.2, -0.15) is 0 Å². The van der Waals surface area contributed by atoms with Gasteiger partial charge in [0.25, 0.3) is 0 Å². The summed E-state index contributed by atoms with van der Waals surface area (Å²) in [5, 5.41) is 16.5. The van der Waals surface area contributed by atoms with Crippen LogP contribution in [0, 0.1) is 0 Å². The highest BCUT2D eigenvalue weighted by Crippen LogP contribution is 2.14. The highest BCUT2D eigenvalue weighted by atomic mass is 127. The molecule has 29 heavy (non-hydrogen) atoms. The molecule has 1 unspecified atom stereocenters. The SMILES string of the molecule is CCCCCC(C)NC(=NCc1ccc(CN2CCC(O)CC2)cc1)NCC.I. The number of unbranched alkanes of at least 4 members (excludes halogenated alkanes) is 2. The summed E-state index contributed by atoms with van der Waals surface area (Å²) in [6, 6.07) is 9.24. The van der Waals surface area contributed by atoms with Gasteiger partial charge in [-0.15, -0.1) is 24.0 Å². The zero-order valence-corrected chi connectivity index (χ0v) is 20.8. The molecular weight excluding hydrogens is 475 g/mol. The van der Waals surface area contributed by atoms with Crippen molar-refractivity contribution in [1.82, 2.24) is 15.5 Å². The standard InChI is InChI=1S/C23H40N4O.HI/c1-4-6-7-8-19(3)26-23(24-5-2)25-17-20-9-11-21(12-10-20)18-27-15-13-22(28)14-16-27;/h9-12,19,22,28H,4-8,13-18H2,1-3H3,(H2,24,25,26);1H. The zero-order valence-electron chi connectivity index (χ0n) is 18.5. The summed E-state index contributed by atoms with van der Waals surface area (Å²) in [7, 11) is 0. The van der Waals surface area contributed by atoms with E-state index in [-0.39, 0.29) is 30.1 Å². The molecule has 0 spiro atoms. The third kappa shape index (κ3) is 10.6. The molecule has 0 radical (unpaired) electrons. The van der Waals surface area contributed by atoms with Gasteiger partial charge in [-0.3, -0.25) is 4.90 Å². The van der Waals surface area contributed by atoms with Crippen molar-refractivity contribution in [2.24, 2.45) is 4.99 Å². The molecule has 1 saturated heterocycles. The molecule has 1 aromatic rings. The fourth-order valence-corrected chi connectivity index (χ4v) is 3.58. The highest BCUT2D eigenvalue weighted by Gasteiger charge is 2.16. The van der Waals surface area contributed by atoms with Gasteiger partial charge in [0.2, 0.25) is 0 Å². The van der Waals surface area contributed by atoms with Crippen LogP contribution >= 0.6 is 24.0 Å². The molecule has 0 bridgehead atoms. The van der Waals surface area contributed by atoms with Gasteiger partial charge < -0.3 is 15.7 Å². The number of hydrogen-bond donors (Lipinski definition) is 3. The summed E-state index contributed by atoms with van der Waals surface area (Å²) in [5.74, 6) is 0.905. The Morgan fingerprint density at radius 3 is 2.41 bits per heavy atom. The first-order chi connectivity index (χ1) is 13.6. The Morgan fingerprint density at radius 1 is 1.14 bits per heavy atom. The van der Waals surface area contributed by atoms with E-state index < -0.39 is 0 Å². The Kier molecular flexibility index (Phi) is 13.6. The number of aliphatic hydroxyl groups excluding tert-OH is 1. The summed E-state index contributed by atoms with van der Waals surface area (Å²) in [5.41, 5.74) is 2.56. The Morgan fingerprint density at radius 2 is 1.79 bits per heavy atom. The summed E-state index contributed by atoms with van der Waals surface area (Å²) in [6.45, 7) is 11.1. The monoisotopic (exact) mass is 516 g/mol. The van der Waals surface area contributed by atoms with E-state index in [0.29, 0.717) is 12.6 Å². The second-order valence-electron chi connectivity index (χ2n) is 8.06. The maximum absolute atomic E-state index is 9.63. The molecule has 5 nitrogen and oxygen atoms in total. The second kappa shape index (κ2) is 15.0. The van der Waals surface area contributed by atoms with Crippen molar-refractivity contribution in [1.29, 1.82) is 0 Å². The minimum Gasteiger partial charge on any atom is -0.393 e. The number of aliphatic hydroxyl groups is 1. The molecule has 1 aliphatic rings. The number of benzene rings is 1. The first kappa shape index (κ1) is 26.2. The van der Waals surface area contributed by atoms with Crippen LogP contribution in [0.4, 0.5) is 0 Å². The van der Waals surface area contributed by atoms with Crippen molar-refractivity contribution in [3.8, 4) is 0 Å². The number of likely N-dealkylation sites (tertiary alicyclic amines) is 1. The summed E-state index contributed by atoms with van der Waals surface area (Å²) < 4.78 is 0. The van der Waals surface area contributed by atoms with Crippen molar-refractivity contribution >= 4 is 29.9 Å². The van der Waals surface area contributed by atoms with E-state index in [1.807, 2.05) is 0 Å². The predicted molar refractivity (Wildman–Crippen MR) is 134 cm³/mol. The number of piperidine rings is 1. The van der Waals surface area contributed by atoms with Crippen LogP contribution in [-0.4, -0.2) is 47.7 Å². The number of halogens is 1. The summed E-state index contributed by atoms with van der Waals surface area (Å²) >= 11 is 0. The van der Waals surface area contributed by atoms with Crippen LogP contribution in [0.3, 0.4) is 0 Å². The van der Waals surface area contributed by atoms with E-state index in [9.17, 15) is 5.11 Å². The average Bonchev–Trinajstić information content (AvgIpc) is 2.69. The van der Waals surface area contributed by atoms with Gasteiger partial charge in [-0.25, -0.2) is 4.99 Å². The lowest BCUT2D eigenvalue weighted by molar-refractivity contribution is 0.0792. The molecule has 0 saturated carbocycles. The van der Waals surface area contributed by atoms with E-state index in [2.05, 4.69) is 60.6 Å². The summed E-state index contributed by atoms with van der Waals surface area (Å²) in [6.07, 6.45) is 6.68. The van der Waals surface area contributed by atoms with E-state index in [1.54, 1.807) is 0 Å². The van der Waals surface area contributed by atoms with E-state index in [1.165, 1.54) is 36.8 Å². The molecule has 2 rings (SSSR count). The number of guanidine groups is 1. The predicted octanol–water partition coefficient (Wildman–Crippen LogP) is 4.29. The molecule has 1 atom stereocenters. The molecule has 1 heterocycles. The number of nitrogens with zero attached hydrogens (tertiary/aromatic N) is 2. The first-order valence-corrected chi connectivity index (χ1v) is 11.1. The first-order valence-electron chi connectivity index (χ1n) is 11.1. The zero-order chi connectivity index (χ0) is 20.2. The van der Waals surface area contributed by atoms with Crippen LogP contribution in [-0.2, 0) is 13.1 Å². The Bertz CT molecular complexity index is 571. The van der Waals surface area contributed by atoms with Crippen LogP contribution in [0.2, 0.25) is 0 Å². The number of nitrogens with one attached hydrogen (secondary N) is 2. The van der Waals surface area contributed by atoms with Gasteiger partial charge in [0, 0.05) is 32.2 Å². The van der Waals surface area contributed by atoms with E-state index in [0.717, 1.165) is 45.0 Å². The van der Waals surface area contributed by atoms with Gasteiger partial charge in [-0.05, 0) is 44.2 Å². The molecule has 166 valence electrons.